The van der Waals surface area contributed by atoms with Crippen molar-refractivity contribution in [1.82, 2.24) is 35.1 Å². The Morgan fingerprint density at radius 3 is 1.82 bits per heavy atom. The van der Waals surface area contributed by atoms with E-state index in [1.54, 1.807) is 11.1 Å². The highest BCUT2D eigenvalue weighted by Gasteiger charge is 2.39. The number of aromatic nitrogens is 4. The minimum Gasteiger partial charge on any atom is -0.453 e. The summed E-state index contributed by atoms with van der Waals surface area (Å²) in [6.07, 6.45) is 7.83. The molecule has 2 saturated heterocycles. The SMILES string of the molecule is COC(=O)NC1CCCC(C(=O)N2CCC[C@H]2c2ncc(-c3ccc(-c4ccc(-c5cnc([C@@H]6CCCN6C(=O)[C@@H](OC(N)=O)C(C)C)[nH]5)cc4)cc3)[nH]2)C1. The zero-order valence-corrected chi connectivity index (χ0v) is 31.6. The molecule has 5 N–H and O–H groups in total. The van der Waals surface area contributed by atoms with Crippen LogP contribution in [0.1, 0.15) is 88.9 Å². The van der Waals surface area contributed by atoms with Crippen LogP contribution in [0, 0.1) is 11.8 Å². The summed E-state index contributed by atoms with van der Waals surface area (Å²) < 4.78 is 9.94. The molecule has 14 heteroatoms. The van der Waals surface area contributed by atoms with E-state index in [-0.39, 0.29) is 41.8 Å². The van der Waals surface area contributed by atoms with E-state index in [4.69, 9.17) is 20.2 Å². The fourth-order valence-electron chi connectivity index (χ4n) is 8.38. The first kappa shape index (κ1) is 37.6. The lowest BCUT2D eigenvalue weighted by molar-refractivity contribution is -0.143. The molecule has 4 amide bonds. The Bertz CT molecular complexity index is 1990. The fourth-order valence-corrected chi connectivity index (χ4v) is 8.38. The molecule has 3 fully saturated rings. The number of amides is 4. The molecule has 2 aromatic carbocycles. The van der Waals surface area contributed by atoms with Gasteiger partial charge in [0.2, 0.25) is 5.91 Å². The van der Waals surface area contributed by atoms with Gasteiger partial charge < -0.3 is 40.3 Å². The number of carbonyl (C=O) groups is 4. The summed E-state index contributed by atoms with van der Waals surface area (Å²) in [5, 5.41) is 2.88. The maximum atomic E-state index is 13.7. The Morgan fingerprint density at radius 1 is 0.764 bits per heavy atom. The Kier molecular flexibility index (Phi) is 11.2. The summed E-state index contributed by atoms with van der Waals surface area (Å²) in [4.78, 5) is 70.3. The third-order valence-corrected chi connectivity index (χ3v) is 11.2. The number of ether oxygens (including phenoxy) is 2. The number of methoxy groups -OCH3 is 1. The Labute approximate surface area is 320 Å². The molecule has 55 heavy (non-hydrogen) atoms. The average molecular weight is 751 g/mol. The van der Waals surface area contributed by atoms with Gasteiger partial charge >= 0.3 is 12.2 Å². The zero-order chi connectivity index (χ0) is 38.6. The first-order valence-electron chi connectivity index (χ1n) is 19.3. The number of H-pyrrole nitrogens is 2. The van der Waals surface area contributed by atoms with E-state index in [1.807, 2.05) is 37.1 Å². The molecular formula is C41H50N8O6. The number of nitrogens with zero attached hydrogens (tertiary/aromatic N) is 4. The molecule has 4 aromatic rings. The van der Waals surface area contributed by atoms with E-state index in [2.05, 4.69) is 56.7 Å². The predicted octanol–water partition coefficient (Wildman–Crippen LogP) is 6.50. The number of hydrogen-bond acceptors (Lipinski definition) is 8. The number of imidazole rings is 2. The highest BCUT2D eigenvalue weighted by molar-refractivity contribution is 5.84. The van der Waals surface area contributed by atoms with E-state index < -0.39 is 18.3 Å². The summed E-state index contributed by atoms with van der Waals surface area (Å²) in [5.41, 5.74) is 11.1. The van der Waals surface area contributed by atoms with Crippen molar-refractivity contribution in [3.8, 4) is 33.6 Å². The van der Waals surface area contributed by atoms with E-state index in [0.29, 0.717) is 25.3 Å². The predicted molar refractivity (Wildman–Crippen MR) is 205 cm³/mol. The van der Waals surface area contributed by atoms with Gasteiger partial charge in [0.25, 0.3) is 5.91 Å². The number of primary amides is 1. The van der Waals surface area contributed by atoms with E-state index >= 15 is 0 Å². The number of rotatable bonds is 10. The van der Waals surface area contributed by atoms with Gasteiger partial charge in [0.15, 0.2) is 6.10 Å². The molecule has 1 aliphatic carbocycles. The number of hydrogen-bond donors (Lipinski definition) is 4. The van der Waals surface area contributed by atoms with Gasteiger partial charge in [0.1, 0.15) is 11.6 Å². The van der Waals surface area contributed by atoms with Crippen molar-refractivity contribution in [3.63, 3.8) is 0 Å². The van der Waals surface area contributed by atoms with Crippen LogP contribution >= 0.6 is 0 Å². The highest BCUT2D eigenvalue weighted by atomic mass is 16.6. The molecular weight excluding hydrogens is 701 g/mol. The third kappa shape index (κ3) is 8.23. The van der Waals surface area contributed by atoms with Crippen LogP contribution in [0.15, 0.2) is 60.9 Å². The van der Waals surface area contributed by atoms with Crippen LogP contribution < -0.4 is 11.1 Å². The molecule has 2 aromatic heterocycles. The van der Waals surface area contributed by atoms with Crippen molar-refractivity contribution in [2.45, 2.75) is 89.4 Å². The molecule has 0 bridgehead atoms. The molecule has 4 heterocycles. The van der Waals surface area contributed by atoms with Gasteiger partial charge in [0.05, 0.1) is 43.0 Å². The number of nitrogens with two attached hydrogens (primary N) is 1. The monoisotopic (exact) mass is 750 g/mol. The second-order valence-electron chi connectivity index (χ2n) is 15.2. The second-order valence-corrected chi connectivity index (χ2v) is 15.2. The maximum Gasteiger partial charge on any atom is 0.407 e. The molecule has 14 nitrogen and oxygen atoms in total. The molecule has 5 atom stereocenters. The third-order valence-electron chi connectivity index (χ3n) is 11.2. The van der Waals surface area contributed by atoms with Gasteiger partial charge in [-0.25, -0.2) is 19.6 Å². The first-order valence-corrected chi connectivity index (χ1v) is 19.3. The number of aromatic amines is 2. The molecule has 3 aliphatic rings. The van der Waals surface area contributed by atoms with Crippen molar-refractivity contribution >= 4 is 24.0 Å². The van der Waals surface area contributed by atoms with E-state index in [9.17, 15) is 19.2 Å². The van der Waals surface area contributed by atoms with Crippen LogP contribution in [0.5, 0.6) is 0 Å². The number of likely N-dealkylation sites (tertiary alicyclic amines) is 2. The molecule has 290 valence electrons. The topological polar surface area (TPSA) is 189 Å². The number of benzene rings is 2. The summed E-state index contributed by atoms with van der Waals surface area (Å²) in [5.74, 6) is 1.04. The quantitative estimate of drug-likeness (QED) is 0.141. The zero-order valence-electron chi connectivity index (χ0n) is 31.6. The lowest BCUT2D eigenvalue weighted by atomic mass is 9.84. The van der Waals surface area contributed by atoms with Crippen LogP contribution in [-0.4, -0.2) is 86.1 Å². The normalized spacial score (nSPS) is 21.7. The smallest absolute Gasteiger partial charge is 0.407 e. The Morgan fingerprint density at radius 2 is 1.29 bits per heavy atom. The van der Waals surface area contributed by atoms with Gasteiger partial charge in [-0.15, -0.1) is 0 Å². The molecule has 2 unspecified atom stereocenters. The summed E-state index contributed by atoms with van der Waals surface area (Å²) in [6, 6.07) is 16.2. The van der Waals surface area contributed by atoms with Gasteiger partial charge in [-0.1, -0.05) is 68.8 Å². The number of carbonyl (C=O) groups excluding carboxylic acids is 4. The van der Waals surface area contributed by atoms with Crippen molar-refractivity contribution < 1.29 is 28.7 Å². The van der Waals surface area contributed by atoms with Crippen LogP contribution in [0.25, 0.3) is 33.6 Å². The van der Waals surface area contributed by atoms with Crippen molar-refractivity contribution in [2.24, 2.45) is 17.6 Å². The highest BCUT2D eigenvalue weighted by Crippen LogP contribution is 2.37. The van der Waals surface area contributed by atoms with Gasteiger partial charge in [-0.05, 0) is 73.1 Å². The maximum absolute atomic E-state index is 13.7. The molecule has 0 radical (unpaired) electrons. The number of alkyl carbamates (subject to hydrolysis) is 1. The summed E-state index contributed by atoms with van der Waals surface area (Å²) in [7, 11) is 1.36. The number of nitrogens with one attached hydrogen (secondary N) is 3. The average Bonchev–Trinajstić information content (AvgIpc) is 4.03. The van der Waals surface area contributed by atoms with Crippen molar-refractivity contribution in [3.05, 3.63) is 72.6 Å². The fraction of sp³-hybridized carbons (Fsp3) is 0.463. The molecule has 0 spiro atoms. The van der Waals surface area contributed by atoms with Crippen molar-refractivity contribution in [1.29, 1.82) is 0 Å². The largest absolute Gasteiger partial charge is 0.453 e. The minimum atomic E-state index is -0.960. The van der Waals surface area contributed by atoms with Gasteiger partial charge in [-0.3, -0.25) is 9.59 Å². The lowest BCUT2D eigenvalue weighted by Crippen LogP contribution is -2.44. The first-order chi connectivity index (χ1) is 26.6. The molecule has 7 rings (SSSR count). The summed E-state index contributed by atoms with van der Waals surface area (Å²) in [6.45, 7) is 4.91. The van der Waals surface area contributed by atoms with E-state index in [0.717, 1.165) is 84.4 Å². The minimum absolute atomic E-state index is 0.0538. The Hall–Kier alpha value is -5.66. The van der Waals surface area contributed by atoms with E-state index in [1.165, 1.54) is 7.11 Å². The van der Waals surface area contributed by atoms with Crippen LogP contribution in [0.3, 0.4) is 0 Å². The standard InChI is InChI=1S/C41H50N8O6/c1-24(2)35(55-40(42)52)39(51)49-20-6-10-34(49)37-44-23-32(47-37)28-17-13-26(14-18-28)25-11-15-27(16-12-25)31-22-43-36(46-31)33-9-5-19-48(33)38(50)29-7-4-8-30(21-29)45-41(53)54-3/h11-18,22-24,29-30,33-35H,4-10,19-21H2,1-3H3,(H2,42,52)(H,43,46)(H,44,47)(H,45,53)/t29?,30?,33-,34-,35-/m0/s1. The molecule has 1 saturated carbocycles. The van der Waals surface area contributed by atoms with Gasteiger partial charge in [0, 0.05) is 25.0 Å². The molecule has 2 aliphatic heterocycles. The summed E-state index contributed by atoms with van der Waals surface area (Å²) >= 11 is 0. The van der Waals surface area contributed by atoms with Gasteiger partial charge in [-0.2, -0.15) is 0 Å². The Balaban J connectivity index is 0.980. The second kappa shape index (κ2) is 16.4. The van der Waals surface area contributed by atoms with Crippen LogP contribution in [-0.2, 0) is 19.1 Å². The van der Waals surface area contributed by atoms with Crippen LogP contribution in [0.2, 0.25) is 0 Å². The lowest BCUT2D eigenvalue weighted by Gasteiger charge is -2.33. The van der Waals surface area contributed by atoms with Crippen LogP contribution in [0.4, 0.5) is 9.59 Å². The van der Waals surface area contributed by atoms with Crippen molar-refractivity contribution in [2.75, 3.05) is 20.2 Å².